The summed E-state index contributed by atoms with van der Waals surface area (Å²) in [5.74, 6) is -1.07. The van der Waals surface area contributed by atoms with Crippen LogP contribution < -0.4 is 10.6 Å². The van der Waals surface area contributed by atoms with E-state index in [2.05, 4.69) is 22.1 Å². The Morgan fingerprint density at radius 1 is 1.24 bits per heavy atom. The molecule has 0 radical (unpaired) electrons. The maximum Gasteiger partial charge on any atom is 0.315 e. The molecule has 3 N–H and O–H groups in total. The fourth-order valence-corrected chi connectivity index (χ4v) is 4.35. The van der Waals surface area contributed by atoms with Crippen molar-refractivity contribution in [2.24, 2.45) is 5.92 Å². The number of carboxylic acid groups (broad SMARTS) is 1. The first kappa shape index (κ1) is 14.4. The zero-order valence-corrected chi connectivity index (χ0v) is 12.6. The third kappa shape index (κ3) is 3.20. The van der Waals surface area contributed by atoms with E-state index in [1.54, 1.807) is 11.3 Å². The zero-order valence-electron chi connectivity index (χ0n) is 11.8. The van der Waals surface area contributed by atoms with Gasteiger partial charge >= 0.3 is 12.0 Å². The Labute approximate surface area is 127 Å². The van der Waals surface area contributed by atoms with Crippen LogP contribution in [0.1, 0.15) is 48.6 Å². The van der Waals surface area contributed by atoms with Gasteiger partial charge in [0.15, 0.2) is 0 Å². The summed E-state index contributed by atoms with van der Waals surface area (Å²) < 4.78 is 0. The summed E-state index contributed by atoms with van der Waals surface area (Å²) in [6, 6.07) is 2.00. The lowest BCUT2D eigenvalue weighted by Gasteiger charge is -2.24. The van der Waals surface area contributed by atoms with Gasteiger partial charge in [-0.15, -0.1) is 11.3 Å². The highest BCUT2D eigenvalue weighted by molar-refractivity contribution is 7.10. The smallest absolute Gasteiger partial charge is 0.315 e. The van der Waals surface area contributed by atoms with Crippen molar-refractivity contribution < 1.29 is 14.7 Å². The number of thiophene rings is 1. The summed E-state index contributed by atoms with van der Waals surface area (Å²) in [4.78, 5) is 24.4. The maximum atomic E-state index is 12.1. The average Bonchev–Trinajstić information content (AvgIpc) is 3.07. The molecular formula is C15H20N2O3S. The van der Waals surface area contributed by atoms with Gasteiger partial charge in [0.25, 0.3) is 0 Å². The third-order valence-corrected chi connectivity index (χ3v) is 5.47. The summed E-state index contributed by atoms with van der Waals surface area (Å²) in [6.45, 7) is 0. The van der Waals surface area contributed by atoms with Gasteiger partial charge in [-0.2, -0.15) is 0 Å². The molecular weight excluding hydrogens is 288 g/mol. The minimum absolute atomic E-state index is 0.0170. The number of aryl methyl sites for hydroxylation is 1. The fraction of sp³-hybridized carbons (Fsp3) is 0.600. The van der Waals surface area contributed by atoms with Crippen molar-refractivity contribution in [2.75, 3.05) is 0 Å². The minimum atomic E-state index is -0.755. The van der Waals surface area contributed by atoms with E-state index in [4.69, 9.17) is 5.11 Å². The van der Waals surface area contributed by atoms with Gasteiger partial charge in [0.05, 0.1) is 12.0 Å². The topological polar surface area (TPSA) is 78.4 Å². The summed E-state index contributed by atoms with van der Waals surface area (Å²) >= 11 is 1.76. The minimum Gasteiger partial charge on any atom is -0.481 e. The SMILES string of the molecule is O=C(NC1CCCc2sccc21)N[C@H]1CC[C@@H](C(=O)O)C1. The molecule has 0 saturated heterocycles. The van der Waals surface area contributed by atoms with Crippen LogP contribution in [0.3, 0.4) is 0 Å². The standard InChI is InChI=1S/C15H20N2O3S/c18-14(19)9-4-5-10(8-9)16-15(20)17-12-2-1-3-13-11(12)6-7-21-13/h6-7,9-10,12H,1-5,8H2,(H,18,19)(H2,16,17,20)/t9-,10+,12?/m1/s1. The van der Waals surface area contributed by atoms with Crippen LogP contribution in [0.25, 0.3) is 0 Å². The van der Waals surface area contributed by atoms with Crippen molar-refractivity contribution >= 4 is 23.3 Å². The monoisotopic (exact) mass is 308 g/mol. The van der Waals surface area contributed by atoms with Gasteiger partial charge in [0, 0.05) is 10.9 Å². The number of rotatable bonds is 3. The normalized spacial score (nSPS) is 27.9. The molecule has 0 spiro atoms. The van der Waals surface area contributed by atoms with Gasteiger partial charge in [-0.05, 0) is 55.5 Å². The first-order valence-corrected chi connectivity index (χ1v) is 8.37. The Kier molecular flexibility index (Phi) is 4.14. The van der Waals surface area contributed by atoms with Crippen LogP contribution in [0.2, 0.25) is 0 Å². The molecule has 0 bridgehead atoms. The zero-order chi connectivity index (χ0) is 14.8. The number of hydrogen-bond acceptors (Lipinski definition) is 3. The highest BCUT2D eigenvalue weighted by atomic mass is 32.1. The first-order chi connectivity index (χ1) is 10.1. The van der Waals surface area contributed by atoms with Gasteiger partial charge < -0.3 is 15.7 Å². The molecule has 21 heavy (non-hydrogen) atoms. The lowest BCUT2D eigenvalue weighted by Crippen LogP contribution is -2.43. The second-order valence-electron chi connectivity index (χ2n) is 5.91. The molecule has 1 unspecified atom stereocenters. The molecule has 5 nitrogen and oxygen atoms in total. The molecule has 2 amide bonds. The molecule has 0 aliphatic heterocycles. The second kappa shape index (κ2) is 6.05. The van der Waals surface area contributed by atoms with Crippen molar-refractivity contribution in [1.82, 2.24) is 10.6 Å². The molecule has 1 fully saturated rings. The summed E-state index contributed by atoms with van der Waals surface area (Å²) in [7, 11) is 0. The number of carbonyl (C=O) groups is 2. The molecule has 2 aliphatic rings. The van der Waals surface area contributed by atoms with E-state index >= 15 is 0 Å². The third-order valence-electron chi connectivity index (χ3n) is 4.47. The summed E-state index contributed by atoms with van der Waals surface area (Å²) in [5.41, 5.74) is 1.25. The number of aliphatic carboxylic acids is 1. The van der Waals surface area contributed by atoms with Crippen molar-refractivity contribution in [2.45, 2.75) is 50.6 Å². The number of fused-ring (bicyclic) bond motifs is 1. The van der Waals surface area contributed by atoms with Gasteiger partial charge in [-0.25, -0.2) is 4.79 Å². The highest BCUT2D eigenvalue weighted by Crippen LogP contribution is 2.33. The van der Waals surface area contributed by atoms with Crippen LogP contribution in [-0.4, -0.2) is 23.1 Å². The Morgan fingerprint density at radius 2 is 2.10 bits per heavy atom. The molecule has 0 aromatic carbocycles. The number of urea groups is 1. The molecule has 1 aromatic heterocycles. The van der Waals surface area contributed by atoms with Crippen LogP contribution in [0, 0.1) is 5.92 Å². The Bertz CT molecular complexity index is 543. The maximum absolute atomic E-state index is 12.1. The van der Waals surface area contributed by atoms with E-state index in [0.717, 1.165) is 25.7 Å². The van der Waals surface area contributed by atoms with Gasteiger partial charge in [-0.3, -0.25) is 4.79 Å². The van der Waals surface area contributed by atoms with E-state index in [9.17, 15) is 9.59 Å². The quantitative estimate of drug-likeness (QED) is 0.803. The highest BCUT2D eigenvalue weighted by Gasteiger charge is 2.31. The molecule has 1 heterocycles. The van der Waals surface area contributed by atoms with Crippen LogP contribution in [0.15, 0.2) is 11.4 Å². The number of hydrogen-bond donors (Lipinski definition) is 3. The molecule has 3 rings (SSSR count). The first-order valence-electron chi connectivity index (χ1n) is 7.49. The van der Waals surface area contributed by atoms with E-state index in [-0.39, 0.29) is 24.0 Å². The van der Waals surface area contributed by atoms with Crippen LogP contribution in [0.5, 0.6) is 0 Å². The fourth-order valence-electron chi connectivity index (χ4n) is 3.36. The number of amides is 2. The van der Waals surface area contributed by atoms with Crippen molar-refractivity contribution in [3.63, 3.8) is 0 Å². The largest absolute Gasteiger partial charge is 0.481 e. The predicted octanol–water partition coefficient (Wildman–Crippen LogP) is 2.68. The summed E-state index contributed by atoms with van der Waals surface area (Å²) in [6.07, 6.45) is 5.12. The molecule has 6 heteroatoms. The molecule has 3 atom stereocenters. The molecule has 1 saturated carbocycles. The van der Waals surface area contributed by atoms with E-state index in [1.165, 1.54) is 10.4 Å². The molecule has 114 valence electrons. The number of carboxylic acids is 1. The van der Waals surface area contributed by atoms with Gasteiger partial charge in [0.2, 0.25) is 0 Å². The lowest BCUT2D eigenvalue weighted by molar-refractivity contribution is -0.141. The lowest BCUT2D eigenvalue weighted by atomic mass is 9.94. The van der Waals surface area contributed by atoms with Crippen LogP contribution in [-0.2, 0) is 11.2 Å². The number of carbonyl (C=O) groups excluding carboxylic acids is 1. The Balaban J connectivity index is 1.53. The van der Waals surface area contributed by atoms with Gasteiger partial charge in [-0.1, -0.05) is 0 Å². The molecule has 2 aliphatic carbocycles. The van der Waals surface area contributed by atoms with Crippen molar-refractivity contribution in [3.05, 3.63) is 21.9 Å². The summed E-state index contributed by atoms with van der Waals surface area (Å²) in [5, 5.41) is 17.0. The van der Waals surface area contributed by atoms with Crippen LogP contribution in [0.4, 0.5) is 4.79 Å². The average molecular weight is 308 g/mol. The Morgan fingerprint density at radius 3 is 2.86 bits per heavy atom. The van der Waals surface area contributed by atoms with Crippen molar-refractivity contribution in [1.29, 1.82) is 0 Å². The van der Waals surface area contributed by atoms with E-state index in [0.29, 0.717) is 12.8 Å². The van der Waals surface area contributed by atoms with E-state index in [1.807, 2.05) is 0 Å². The predicted molar refractivity (Wildman–Crippen MR) is 80.4 cm³/mol. The van der Waals surface area contributed by atoms with Crippen LogP contribution >= 0.6 is 11.3 Å². The Hall–Kier alpha value is -1.56. The van der Waals surface area contributed by atoms with E-state index < -0.39 is 5.97 Å². The number of nitrogens with one attached hydrogen (secondary N) is 2. The molecule has 1 aromatic rings. The van der Waals surface area contributed by atoms with Crippen molar-refractivity contribution in [3.8, 4) is 0 Å². The van der Waals surface area contributed by atoms with Gasteiger partial charge in [0.1, 0.15) is 0 Å². The second-order valence-corrected chi connectivity index (χ2v) is 6.91.